The van der Waals surface area contributed by atoms with Crippen molar-refractivity contribution in [2.75, 3.05) is 7.11 Å². The molecule has 0 spiro atoms. The molecule has 0 radical (unpaired) electrons. The summed E-state index contributed by atoms with van der Waals surface area (Å²) in [7, 11) is 1.52. The third-order valence-electron chi connectivity index (χ3n) is 2.61. The monoisotopic (exact) mass is 312 g/mol. The van der Waals surface area contributed by atoms with E-state index in [0.29, 0.717) is 16.9 Å². The maximum Gasteiger partial charge on any atom is 0.123 e. The van der Waals surface area contributed by atoms with E-state index in [-0.39, 0.29) is 16.5 Å². The molecule has 0 saturated carbocycles. The summed E-state index contributed by atoms with van der Waals surface area (Å²) in [4.78, 5) is -0.321. The average molecular weight is 313 g/mol. The fourth-order valence-electron chi connectivity index (χ4n) is 1.75. The molecule has 2 rings (SSSR count). The minimum Gasteiger partial charge on any atom is -0.496 e. The highest BCUT2D eigenvalue weighted by molar-refractivity contribution is 9.09. The lowest BCUT2D eigenvalue weighted by molar-refractivity contribution is 0.409. The van der Waals surface area contributed by atoms with E-state index in [9.17, 15) is 8.78 Å². The van der Waals surface area contributed by atoms with Crippen molar-refractivity contribution in [1.82, 2.24) is 0 Å². The second-order valence-electron chi connectivity index (χ2n) is 3.80. The van der Waals surface area contributed by atoms with Crippen molar-refractivity contribution >= 4 is 15.9 Å². The van der Waals surface area contributed by atoms with Gasteiger partial charge in [-0.25, -0.2) is 8.78 Å². The number of methoxy groups -OCH3 is 1. The predicted molar refractivity (Wildman–Crippen MR) is 70.1 cm³/mol. The van der Waals surface area contributed by atoms with Crippen LogP contribution in [-0.2, 0) is 0 Å². The van der Waals surface area contributed by atoms with Crippen LogP contribution in [0.3, 0.4) is 0 Å². The van der Waals surface area contributed by atoms with Crippen molar-refractivity contribution in [2.24, 2.45) is 0 Å². The van der Waals surface area contributed by atoms with Crippen LogP contribution in [0.1, 0.15) is 16.0 Å². The van der Waals surface area contributed by atoms with Gasteiger partial charge in [0.25, 0.3) is 0 Å². The molecule has 94 valence electrons. The van der Waals surface area contributed by atoms with Crippen LogP contribution in [0.2, 0.25) is 0 Å². The van der Waals surface area contributed by atoms with Crippen molar-refractivity contribution in [1.29, 1.82) is 0 Å². The molecular formula is C14H11BrF2O. The lowest BCUT2D eigenvalue weighted by atomic mass is 10.0. The van der Waals surface area contributed by atoms with Gasteiger partial charge in [-0.15, -0.1) is 0 Å². The Bertz CT molecular complexity index is 557. The number of ether oxygens (including phenoxy) is 1. The lowest BCUT2D eigenvalue weighted by Crippen LogP contribution is -1.98. The SMILES string of the molecule is COc1ccc(F)cc1C(Br)c1cccc(F)c1. The zero-order chi connectivity index (χ0) is 13.1. The van der Waals surface area contributed by atoms with Crippen LogP contribution in [-0.4, -0.2) is 7.11 Å². The molecule has 18 heavy (non-hydrogen) atoms. The predicted octanol–water partition coefficient (Wildman–Crippen LogP) is 4.46. The number of rotatable bonds is 3. The van der Waals surface area contributed by atoms with Gasteiger partial charge in [-0.3, -0.25) is 0 Å². The molecule has 1 unspecified atom stereocenters. The molecule has 0 aliphatic rings. The quantitative estimate of drug-likeness (QED) is 0.760. The van der Waals surface area contributed by atoms with E-state index in [1.54, 1.807) is 18.2 Å². The van der Waals surface area contributed by atoms with Gasteiger partial charge in [-0.05, 0) is 35.9 Å². The average Bonchev–Trinajstić information content (AvgIpc) is 2.38. The Labute approximate surface area is 113 Å². The first kappa shape index (κ1) is 13.0. The highest BCUT2D eigenvalue weighted by atomic mass is 79.9. The molecule has 0 N–H and O–H groups in total. The molecule has 0 aliphatic heterocycles. The van der Waals surface area contributed by atoms with Crippen molar-refractivity contribution in [3.63, 3.8) is 0 Å². The van der Waals surface area contributed by atoms with Crippen LogP contribution in [0.15, 0.2) is 42.5 Å². The molecule has 0 bridgehead atoms. The van der Waals surface area contributed by atoms with E-state index in [1.165, 1.54) is 31.4 Å². The van der Waals surface area contributed by atoms with Gasteiger partial charge in [0.2, 0.25) is 0 Å². The van der Waals surface area contributed by atoms with Crippen LogP contribution in [0, 0.1) is 11.6 Å². The second-order valence-corrected chi connectivity index (χ2v) is 4.72. The Morgan fingerprint density at radius 3 is 2.44 bits per heavy atom. The Kier molecular flexibility index (Phi) is 3.97. The molecule has 0 fully saturated rings. The van der Waals surface area contributed by atoms with Crippen molar-refractivity contribution in [3.05, 3.63) is 65.2 Å². The number of hydrogen-bond acceptors (Lipinski definition) is 1. The van der Waals surface area contributed by atoms with E-state index in [4.69, 9.17) is 4.74 Å². The highest BCUT2D eigenvalue weighted by Crippen LogP contribution is 2.36. The number of halogens is 3. The summed E-state index contributed by atoms with van der Waals surface area (Å²) in [5.41, 5.74) is 1.34. The fourth-order valence-corrected chi connectivity index (χ4v) is 2.39. The molecule has 0 aromatic heterocycles. The second kappa shape index (κ2) is 5.48. The van der Waals surface area contributed by atoms with E-state index in [1.807, 2.05) is 0 Å². The standard InChI is InChI=1S/C14H11BrF2O/c1-18-13-6-5-11(17)8-12(13)14(15)9-3-2-4-10(16)7-9/h2-8,14H,1H3. The highest BCUT2D eigenvalue weighted by Gasteiger charge is 2.16. The summed E-state index contributed by atoms with van der Waals surface area (Å²) in [5.74, 6) is -0.124. The van der Waals surface area contributed by atoms with Crippen molar-refractivity contribution < 1.29 is 13.5 Å². The Morgan fingerprint density at radius 2 is 1.78 bits per heavy atom. The maximum absolute atomic E-state index is 13.3. The zero-order valence-electron chi connectivity index (χ0n) is 9.66. The minimum absolute atomic E-state index is 0.321. The molecule has 2 aromatic carbocycles. The number of hydrogen-bond donors (Lipinski definition) is 0. The van der Waals surface area contributed by atoms with Crippen molar-refractivity contribution in [3.8, 4) is 5.75 Å². The molecule has 0 amide bonds. The van der Waals surface area contributed by atoms with E-state index >= 15 is 0 Å². The Balaban J connectivity index is 2.44. The topological polar surface area (TPSA) is 9.23 Å². The van der Waals surface area contributed by atoms with Crippen LogP contribution >= 0.6 is 15.9 Å². The minimum atomic E-state index is -0.355. The summed E-state index contributed by atoms with van der Waals surface area (Å²) in [5, 5.41) is 0. The molecule has 2 aromatic rings. The first-order valence-corrected chi connectivity index (χ1v) is 6.26. The van der Waals surface area contributed by atoms with Gasteiger partial charge in [0.05, 0.1) is 11.9 Å². The van der Waals surface area contributed by atoms with Crippen molar-refractivity contribution in [2.45, 2.75) is 4.83 Å². The smallest absolute Gasteiger partial charge is 0.123 e. The normalized spacial score (nSPS) is 12.2. The van der Waals surface area contributed by atoms with Crippen LogP contribution in [0.5, 0.6) is 5.75 Å². The third-order valence-corrected chi connectivity index (χ3v) is 3.63. The summed E-state index contributed by atoms with van der Waals surface area (Å²) >= 11 is 3.44. The molecule has 0 heterocycles. The van der Waals surface area contributed by atoms with Gasteiger partial charge in [-0.1, -0.05) is 28.1 Å². The van der Waals surface area contributed by atoms with E-state index in [2.05, 4.69) is 15.9 Å². The summed E-state index contributed by atoms with van der Waals surface area (Å²) in [6, 6.07) is 10.4. The van der Waals surface area contributed by atoms with Gasteiger partial charge in [0.15, 0.2) is 0 Å². The summed E-state index contributed by atoms with van der Waals surface area (Å²) in [6.45, 7) is 0. The first-order chi connectivity index (χ1) is 8.61. The van der Waals surface area contributed by atoms with Gasteiger partial charge in [0.1, 0.15) is 17.4 Å². The van der Waals surface area contributed by atoms with Gasteiger partial charge in [-0.2, -0.15) is 0 Å². The first-order valence-electron chi connectivity index (χ1n) is 5.35. The number of benzene rings is 2. The van der Waals surface area contributed by atoms with Crippen LogP contribution in [0.4, 0.5) is 8.78 Å². The van der Waals surface area contributed by atoms with Crippen LogP contribution < -0.4 is 4.74 Å². The zero-order valence-corrected chi connectivity index (χ0v) is 11.2. The summed E-state index contributed by atoms with van der Waals surface area (Å²) < 4.78 is 31.6. The molecular weight excluding hydrogens is 302 g/mol. The summed E-state index contributed by atoms with van der Waals surface area (Å²) in [6.07, 6.45) is 0. The molecule has 1 atom stereocenters. The Hall–Kier alpha value is -1.42. The fraction of sp³-hybridized carbons (Fsp3) is 0.143. The van der Waals surface area contributed by atoms with Crippen LogP contribution in [0.25, 0.3) is 0 Å². The van der Waals surface area contributed by atoms with Gasteiger partial charge < -0.3 is 4.74 Å². The molecule has 1 nitrogen and oxygen atoms in total. The molecule has 4 heteroatoms. The lowest BCUT2D eigenvalue weighted by Gasteiger charge is -2.14. The molecule has 0 aliphatic carbocycles. The molecule has 0 saturated heterocycles. The number of alkyl halides is 1. The van der Waals surface area contributed by atoms with Gasteiger partial charge >= 0.3 is 0 Å². The largest absolute Gasteiger partial charge is 0.496 e. The maximum atomic E-state index is 13.3. The van der Waals surface area contributed by atoms with E-state index < -0.39 is 0 Å². The third kappa shape index (κ3) is 2.70. The van der Waals surface area contributed by atoms with Gasteiger partial charge in [0, 0.05) is 5.56 Å². The van der Waals surface area contributed by atoms with E-state index in [0.717, 1.165) is 0 Å². The Morgan fingerprint density at radius 1 is 1.06 bits per heavy atom.